The molecule has 2 heterocycles. The Kier molecular flexibility index (Phi) is 4.41. The minimum absolute atomic E-state index is 0.0798. The van der Waals surface area contributed by atoms with E-state index in [-0.39, 0.29) is 25.5 Å². The third kappa shape index (κ3) is 3.48. The summed E-state index contributed by atoms with van der Waals surface area (Å²) >= 11 is 1.48. The Balaban J connectivity index is 2.08. The highest BCUT2D eigenvalue weighted by atomic mass is 32.1. The van der Waals surface area contributed by atoms with Crippen LogP contribution in [-0.4, -0.2) is 64.0 Å². The van der Waals surface area contributed by atoms with E-state index in [2.05, 4.69) is 10.3 Å². The van der Waals surface area contributed by atoms with Crippen molar-refractivity contribution >= 4 is 29.2 Å². The molecule has 1 fully saturated rings. The van der Waals surface area contributed by atoms with Gasteiger partial charge < -0.3 is 15.3 Å². The van der Waals surface area contributed by atoms with Crippen LogP contribution in [0.5, 0.6) is 0 Å². The molecule has 1 aromatic rings. The van der Waals surface area contributed by atoms with Gasteiger partial charge in [0, 0.05) is 19.0 Å². The van der Waals surface area contributed by atoms with Gasteiger partial charge in [-0.1, -0.05) is 0 Å². The van der Waals surface area contributed by atoms with Crippen LogP contribution in [-0.2, 0) is 16.1 Å². The zero-order valence-electron chi connectivity index (χ0n) is 11.7. The maximum Gasteiger partial charge on any atom is 0.328 e. The van der Waals surface area contributed by atoms with Crippen LogP contribution in [0.4, 0.5) is 4.79 Å². The van der Waals surface area contributed by atoms with Crippen LogP contribution >= 0.6 is 11.3 Å². The van der Waals surface area contributed by atoms with Gasteiger partial charge in [-0.25, -0.2) is 14.6 Å². The summed E-state index contributed by atoms with van der Waals surface area (Å²) in [6.45, 7) is 1.80. The molecule has 0 bridgehead atoms. The van der Waals surface area contributed by atoms with Crippen molar-refractivity contribution in [1.82, 2.24) is 20.1 Å². The van der Waals surface area contributed by atoms with Crippen LogP contribution in [0.15, 0.2) is 5.38 Å². The molecule has 1 saturated heterocycles. The second kappa shape index (κ2) is 6.08. The van der Waals surface area contributed by atoms with Crippen LogP contribution in [0.2, 0.25) is 0 Å². The molecular formula is C12H16N4O4S. The number of carboxylic acids is 1. The van der Waals surface area contributed by atoms with E-state index in [9.17, 15) is 14.4 Å². The predicted molar refractivity (Wildman–Crippen MR) is 74.9 cm³/mol. The van der Waals surface area contributed by atoms with Crippen LogP contribution in [0.1, 0.15) is 10.7 Å². The first-order valence-corrected chi connectivity index (χ1v) is 7.18. The van der Waals surface area contributed by atoms with Gasteiger partial charge >= 0.3 is 12.0 Å². The van der Waals surface area contributed by atoms with E-state index < -0.39 is 18.0 Å². The molecule has 3 amide bonds. The third-order valence-electron chi connectivity index (χ3n) is 3.11. The molecule has 21 heavy (non-hydrogen) atoms. The number of carboxylic acid groups (broad SMARTS) is 1. The largest absolute Gasteiger partial charge is 0.480 e. The zero-order valence-corrected chi connectivity index (χ0v) is 12.5. The van der Waals surface area contributed by atoms with Gasteiger partial charge in [0.1, 0.15) is 12.6 Å². The maximum absolute atomic E-state index is 12.4. The van der Waals surface area contributed by atoms with E-state index >= 15 is 0 Å². The first kappa shape index (κ1) is 15.2. The van der Waals surface area contributed by atoms with E-state index in [1.165, 1.54) is 16.2 Å². The van der Waals surface area contributed by atoms with Gasteiger partial charge in [0.15, 0.2) is 0 Å². The number of aryl methyl sites for hydroxylation is 1. The maximum atomic E-state index is 12.4. The number of amides is 3. The number of carbonyl (C=O) groups is 3. The fourth-order valence-electron chi connectivity index (χ4n) is 2.07. The highest BCUT2D eigenvalue weighted by Gasteiger charge is 2.36. The number of carbonyl (C=O) groups excluding carboxylic acids is 2. The molecule has 1 aliphatic heterocycles. The number of hydrogen-bond donors (Lipinski definition) is 2. The smallest absolute Gasteiger partial charge is 0.328 e. The summed E-state index contributed by atoms with van der Waals surface area (Å²) in [5, 5.41) is 14.3. The molecule has 0 aliphatic carbocycles. The number of thiazole rings is 1. The number of aliphatic carboxylic acids is 1. The van der Waals surface area contributed by atoms with Crippen molar-refractivity contribution in [2.75, 3.05) is 20.1 Å². The van der Waals surface area contributed by atoms with Crippen molar-refractivity contribution in [3.8, 4) is 0 Å². The lowest BCUT2D eigenvalue weighted by atomic mass is 10.2. The summed E-state index contributed by atoms with van der Waals surface area (Å²) < 4.78 is 0. The van der Waals surface area contributed by atoms with Crippen molar-refractivity contribution in [2.45, 2.75) is 19.5 Å². The number of urea groups is 1. The summed E-state index contributed by atoms with van der Waals surface area (Å²) in [5.74, 6) is -1.50. The predicted octanol–water partition coefficient (Wildman–Crippen LogP) is -0.112. The summed E-state index contributed by atoms with van der Waals surface area (Å²) in [6.07, 6.45) is 0. The Morgan fingerprint density at radius 3 is 2.90 bits per heavy atom. The second-order valence-corrected chi connectivity index (χ2v) is 5.84. The van der Waals surface area contributed by atoms with Crippen molar-refractivity contribution < 1.29 is 19.5 Å². The molecule has 114 valence electrons. The van der Waals surface area contributed by atoms with Gasteiger partial charge in [-0.2, -0.15) is 0 Å². The van der Waals surface area contributed by atoms with E-state index in [1.54, 1.807) is 7.05 Å². The first-order valence-electron chi connectivity index (χ1n) is 6.30. The molecule has 1 aromatic heterocycles. The molecule has 1 atom stereocenters. The molecule has 2 N–H and O–H groups in total. The summed E-state index contributed by atoms with van der Waals surface area (Å²) in [6, 6.07) is -1.54. The Bertz CT molecular complexity index is 573. The Labute approximate surface area is 125 Å². The van der Waals surface area contributed by atoms with Crippen molar-refractivity contribution in [3.63, 3.8) is 0 Å². The molecule has 0 saturated carbocycles. The van der Waals surface area contributed by atoms with Crippen molar-refractivity contribution in [2.24, 2.45) is 0 Å². The second-order valence-electron chi connectivity index (χ2n) is 4.78. The third-order valence-corrected chi connectivity index (χ3v) is 3.93. The van der Waals surface area contributed by atoms with Gasteiger partial charge in [0.25, 0.3) is 0 Å². The first-order chi connectivity index (χ1) is 9.88. The standard InChI is InChI=1S/C12H16N4O4S/c1-7-14-8(6-21-7)4-15(2)12(20)16-5-10(17)13-3-9(16)11(18)19/h6,9H,3-5H2,1-2H3,(H,13,17)(H,18,19). The van der Waals surface area contributed by atoms with Crippen LogP contribution in [0.25, 0.3) is 0 Å². The van der Waals surface area contributed by atoms with Crippen molar-refractivity contribution in [3.05, 3.63) is 16.1 Å². The molecule has 1 aliphatic rings. The van der Waals surface area contributed by atoms with Gasteiger partial charge in [0.05, 0.1) is 17.2 Å². The van der Waals surface area contributed by atoms with Gasteiger partial charge in [-0.05, 0) is 6.92 Å². The minimum atomic E-state index is -1.14. The average molecular weight is 312 g/mol. The quantitative estimate of drug-likeness (QED) is 0.810. The van der Waals surface area contributed by atoms with Gasteiger partial charge in [-0.15, -0.1) is 11.3 Å². The fraction of sp³-hybridized carbons (Fsp3) is 0.500. The number of piperazine rings is 1. The normalized spacial score (nSPS) is 18.3. The number of hydrogen-bond acceptors (Lipinski definition) is 5. The summed E-state index contributed by atoms with van der Waals surface area (Å²) in [7, 11) is 1.56. The van der Waals surface area contributed by atoms with Crippen LogP contribution in [0, 0.1) is 6.92 Å². The average Bonchev–Trinajstić information content (AvgIpc) is 2.82. The van der Waals surface area contributed by atoms with E-state index in [0.29, 0.717) is 0 Å². The summed E-state index contributed by atoms with van der Waals surface area (Å²) in [5.41, 5.74) is 0.738. The fourth-order valence-corrected chi connectivity index (χ4v) is 2.68. The van der Waals surface area contributed by atoms with Gasteiger partial charge in [0.2, 0.25) is 5.91 Å². The highest BCUT2D eigenvalue weighted by Crippen LogP contribution is 2.13. The Morgan fingerprint density at radius 1 is 1.62 bits per heavy atom. The highest BCUT2D eigenvalue weighted by molar-refractivity contribution is 7.09. The molecule has 2 rings (SSSR count). The van der Waals surface area contributed by atoms with Crippen molar-refractivity contribution in [1.29, 1.82) is 0 Å². The van der Waals surface area contributed by atoms with Crippen LogP contribution in [0.3, 0.4) is 0 Å². The molecule has 0 aromatic carbocycles. The monoisotopic (exact) mass is 312 g/mol. The van der Waals surface area contributed by atoms with Gasteiger partial charge in [-0.3, -0.25) is 9.69 Å². The topological polar surface area (TPSA) is 103 Å². The van der Waals surface area contributed by atoms with Crippen LogP contribution < -0.4 is 5.32 Å². The Morgan fingerprint density at radius 2 is 2.33 bits per heavy atom. The number of nitrogens with one attached hydrogen (secondary N) is 1. The van der Waals surface area contributed by atoms with E-state index in [1.807, 2.05) is 12.3 Å². The number of nitrogens with zero attached hydrogens (tertiary/aromatic N) is 3. The number of rotatable bonds is 3. The lowest BCUT2D eigenvalue weighted by molar-refractivity contribution is -0.144. The number of aromatic nitrogens is 1. The molecule has 8 nitrogen and oxygen atoms in total. The molecule has 1 unspecified atom stereocenters. The summed E-state index contributed by atoms with van der Waals surface area (Å²) in [4.78, 5) is 41.6. The lowest BCUT2D eigenvalue weighted by Gasteiger charge is -2.35. The molecule has 0 radical (unpaired) electrons. The molecular weight excluding hydrogens is 296 g/mol. The molecule has 0 spiro atoms. The molecule has 9 heteroatoms. The SMILES string of the molecule is Cc1nc(CN(C)C(=O)N2CC(=O)NCC2C(=O)O)cs1. The minimum Gasteiger partial charge on any atom is -0.480 e. The van der Waals surface area contributed by atoms with E-state index in [0.717, 1.165) is 15.6 Å². The zero-order chi connectivity index (χ0) is 15.6. The Hall–Kier alpha value is -2.16. The van der Waals surface area contributed by atoms with E-state index in [4.69, 9.17) is 5.11 Å². The lowest BCUT2D eigenvalue weighted by Crippen LogP contribution is -2.61.